The molecule has 1 aliphatic heterocycles. The van der Waals surface area contributed by atoms with Crippen molar-refractivity contribution in [2.45, 2.75) is 45.4 Å². The molecule has 8 nitrogen and oxygen atoms in total. The molecule has 0 atom stereocenters. The molecule has 0 spiro atoms. The lowest BCUT2D eigenvalue weighted by atomic mass is 10.1. The minimum Gasteiger partial charge on any atom is -0.385 e. The van der Waals surface area contributed by atoms with Gasteiger partial charge in [-0.15, -0.1) is 24.0 Å². The molecule has 0 aliphatic carbocycles. The molecule has 1 aromatic carbocycles. The van der Waals surface area contributed by atoms with Crippen molar-refractivity contribution in [3.05, 3.63) is 48.0 Å². The molecule has 1 aromatic heterocycles. The first-order valence-corrected chi connectivity index (χ1v) is 10.8. The summed E-state index contributed by atoms with van der Waals surface area (Å²) < 4.78 is 12.9. The number of rotatable bonds is 10. The normalized spacial score (nSPS) is 15.0. The van der Waals surface area contributed by atoms with Gasteiger partial charge >= 0.3 is 0 Å². The molecule has 1 fully saturated rings. The zero-order valence-corrected chi connectivity index (χ0v) is 20.9. The van der Waals surface area contributed by atoms with Crippen molar-refractivity contribution in [2.75, 3.05) is 40.0 Å². The van der Waals surface area contributed by atoms with E-state index in [0.29, 0.717) is 12.6 Å². The number of nitrogens with one attached hydrogen (secondary N) is 1. The van der Waals surface area contributed by atoms with Crippen LogP contribution in [0.25, 0.3) is 0 Å². The van der Waals surface area contributed by atoms with E-state index in [0.717, 1.165) is 64.6 Å². The van der Waals surface area contributed by atoms with E-state index in [4.69, 9.17) is 14.5 Å². The second kappa shape index (κ2) is 14.4. The monoisotopic (exact) mass is 542 g/mol. The van der Waals surface area contributed by atoms with Crippen molar-refractivity contribution in [1.82, 2.24) is 25.0 Å². The number of aromatic nitrogens is 3. The third kappa shape index (κ3) is 8.74. The fraction of sp³-hybridized carbons (Fsp3) is 0.591. The highest BCUT2D eigenvalue weighted by atomic mass is 127. The first kappa shape index (κ1) is 25.5. The summed E-state index contributed by atoms with van der Waals surface area (Å²) in [5, 5.41) is 7.62. The first-order chi connectivity index (χ1) is 14.8. The summed E-state index contributed by atoms with van der Waals surface area (Å²) in [6.07, 6.45) is 6.66. The number of piperidine rings is 1. The molecule has 31 heavy (non-hydrogen) atoms. The summed E-state index contributed by atoms with van der Waals surface area (Å²) in [5.41, 5.74) is 2.39. The minimum atomic E-state index is 0. The van der Waals surface area contributed by atoms with Crippen molar-refractivity contribution < 1.29 is 9.47 Å². The van der Waals surface area contributed by atoms with Crippen LogP contribution in [-0.2, 0) is 22.6 Å². The Morgan fingerprint density at radius 2 is 2.03 bits per heavy atom. The molecule has 172 valence electrons. The number of hydrogen-bond acceptors (Lipinski definition) is 5. The average molecular weight is 542 g/mol. The third-order valence-corrected chi connectivity index (χ3v) is 5.14. The summed E-state index contributed by atoms with van der Waals surface area (Å²) in [7, 11) is 1.73. The predicted molar refractivity (Wildman–Crippen MR) is 133 cm³/mol. The Labute approximate surface area is 202 Å². The zero-order chi connectivity index (χ0) is 21.0. The number of likely N-dealkylation sites (tertiary alicyclic amines) is 1. The SMILES string of the molecule is CCNC(=NCc1cccc(Cn2cncn2)c1)N1CCC(OCCCOC)CC1.I. The molecule has 1 aliphatic rings. The van der Waals surface area contributed by atoms with Gasteiger partial charge in [0, 0.05) is 40.0 Å². The Morgan fingerprint density at radius 1 is 1.23 bits per heavy atom. The van der Waals surface area contributed by atoms with Gasteiger partial charge in [-0.25, -0.2) is 14.7 Å². The molecule has 0 radical (unpaired) electrons. The number of aliphatic imine (C=N–C) groups is 1. The standard InChI is InChI=1S/C22H34N6O2.HI/c1-3-24-22(27-10-8-21(9-11-27)30-13-5-12-29-2)25-15-19-6-4-7-20(14-19)16-28-18-23-17-26-28;/h4,6-7,14,17-18,21H,3,5,8-13,15-16H2,1-2H3,(H,24,25);1H. The maximum absolute atomic E-state index is 5.98. The van der Waals surface area contributed by atoms with E-state index in [2.05, 4.69) is 51.5 Å². The van der Waals surface area contributed by atoms with E-state index in [1.54, 1.807) is 19.8 Å². The van der Waals surface area contributed by atoms with Crippen LogP contribution in [-0.4, -0.2) is 71.7 Å². The summed E-state index contributed by atoms with van der Waals surface area (Å²) in [6.45, 7) is 7.81. The van der Waals surface area contributed by atoms with Gasteiger partial charge in [-0.2, -0.15) is 5.10 Å². The quantitative estimate of drug-likeness (QED) is 0.216. The molecular formula is C22H35IN6O2. The molecule has 0 saturated carbocycles. The molecule has 1 saturated heterocycles. The van der Waals surface area contributed by atoms with Crippen LogP contribution >= 0.6 is 24.0 Å². The molecule has 2 aromatic rings. The van der Waals surface area contributed by atoms with Crippen LogP contribution in [0.2, 0.25) is 0 Å². The number of methoxy groups -OCH3 is 1. The van der Waals surface area contributed by atoms with Crippen LogP contribution in [0.5, 0.6) is 0 Å². The highest BCUT2D eigenvalue weighted by Crippen LogP contribution is 2.15. The number of hydrogen-bond donors (Lipinski definition) is 1. The van der Waals surface area contributed by atoms with E-state index >= 15 is 0 Å². The van der Waals surface area contributed by atoms with Gasteiger partial charge in [-0.05, 0) is 37.3 Å². The zero-order valence-electron chi connectivity index (χ0n) is 18.6. The fourth-order valence-corrected chi connectivity index (χ4v) is 3.61. The number of benzene rings is 1. The summed E-state index contributed by atoms with van der Waals surface area (Å²) in [5.74, 6) is 0.983. The van der Waals surface area contributed by atoms with Gasteiger partial charge in [-0.3, -0.25) is 0 Å². The van der Waals surface area contributed by atoms with Crippen molar-refractivity contribution in [1.29, 1.82) is 0 Å². The predicted octanol–water partition coefficient (Wildman–Crippen LogP) is 2.93. The smallest absolute Gasteiger partial charge is 0.194 e. The maximum Gasteiger partial charge on any atom is 0.194 e. The lowest BCUT2D eigenvalue weighted by Gasteiger charge is -2.34. The first-order valence-electron chi connectivity index (χ1n) is 10.8. The molecule has 9 heteroatoms. The van der Waals surface area contributed by atoms with Crippen LogP contribution in [0.3, 0.4) is 0 Å². The summed E-state index contributed by atoms with van der Waals surface area (Å²) in [6, 6.07) is 8.50. The average Bonchev–Trinajstić information content (AvgIpc) is 3.28. The van der Waals surface area contributed by atoms with Gasteiger partial charge in [-0.1, -0.05) is 24.3 Å². The molecule has 0 unspecified atom stereocenters. The lowest BCUT2D eigenvalue weighted by Crippen LogP contribution is -2.47. The summed E-state index contributed by atoms with van der Waals surface area (Å²) in [4.78, 5) is 11.2. The van der Waals surface area contributed by atoms with Gasteiger partial charge in [0.1, 0.15) is 12.7 Å². The summed E-state index contributed by atoms with van der Waals surface area (Å²) >= 11 is 0. The molecular weight excluding hydrogens is 507 g/mol. The van der Waals surface area contributed by atoms with Crippen molar-refractivity contribution in [3.8, 4) is 0 Å². The van der Waals surface area contributed by atoms with Crippen LogP contribution in [0.1, 0.15) is 37.3 Å². The lowest BCUT2D eigenvalue weighted by molar-refractivity contribution is 0.00990. The van der Waals surface area contributed by atoms with Gasteiger partial charge in [0.2, 0.25) is 0 Å². The Hall–Kier alpha value is -1.72. The highest BCUT2D eigenvalue weighted by molar-refractivity contribution is 14.0. The minimum absolute atomic E-state index is 0. The number of nitrogens with zero attached hydrogens (tertiary/aromatic N) is 5. The van der Waals surface area contributed by atoms with Gasteiger partial charge in [0.05, 0.1) is 19.2 Å². The topological polar surface area (TPSA) is 76.8 Å². The van der Waals surface area contributed by atoms with E-state index < -0.39 is 0 Å². The molecule has 3 rings (SSSR count). The second-order valence-electron chi connectivity index (χ2n) is 7.49. The number of halogens is 1. The Kier molecular flexibility index (Phi) is 11.8. The number of guanidine groups is 1. The van der Waals surface area contributed by atoms with E-state index in [1.807, 2.05) is 4.68 Å². The Bertz CT molecular complexity index is 763. The van der Waals surface area contributed by atoms with E-state index in [9.17, 15) is 0 Å². The van der Waals surface area contributed by atoms with Gasteiger partial charge < -0.3 is 19.7 Å². The van der Waals surface area contributed by atoms with Gasteiger partial charge in [0.25, 0.3) is 0 Å². The van der Waals surface area contributed by atoms with E-state index in [-0.39, 0.29) is 24.0 Å². The molecule has 0 bridgehead atoms. The fourth-order valence-electron chi connectivity index (χ4n) is 3.61. The third-order valence-electron chi connectivity index (χ3n) is 5.14. The highest BCUT2D eigenvalue weighted by Gasteiger charge is 2.21. The van der Waals surface area contributed by atoms with Crippen LogP contribution < -0.4 is 5.32 Å². The van der Waals surface area contributed by atoms with Crippen molar-refractivity contribution in [3.63, 3.8) is 0 Å². The molecule has 0 amide bonds. The number of ether oxygens (including phenoxy) is 2. The Balaban J connectivity index is 0.00000341. The van der Waals surface area contributed by atoms with Crippen LogP contribution in [0.4, 0.5) is 0 Å². The molecule has 1 N–H and O–H groups in total. The Morgan fingerprint density at radius 3 is 2.74 bits per heavy atom. The van der Waals surface area contributed by atoms with Crippen molar-refractivity contribution >= 4 is 29.9 Å². The second-order valence-corrected chi connectivity index (χ2v) is 7.49. The largest absolute Gasteiger partial charge is 0.385 e. The van der Waals surface area contributed by atoms with Gasteiger partial charge in [0.15, 0.2) is 5.96 Å². The maximum atomic E-state index is 5.98. The van der Waals surface area contributed by atoms with Crippen molar-refractivity contribution in [2.24, 2.45) is 4.99 Å². The van der Waals surface area contributed by atoms with Crippen LogP contribution in [0.15, 0.2) is 41.9 Å². The van der Waals surface area contributed by atoms with E-state index in [1.165, 1.54) is 11.1 Å². The van der Waals surface area contributed by atoms with Crippen LogP contribution in [0, 0.1) is 0 Å². The molecule has 2 heterocycles.